The highest BCUT2D eigenvalue weighted by molar-refractivity contribution is 6.00. The number of carbonyl (C=O) groups is 2. The van der Waals surface area contributed by atoms with Gasteiger partial charge < -0.3 is 10.0 Å². The second-order valence-corrected chi connectivity index (χ2v) is 5.94. The molecule has 2 aromatic carbocycles. The highest BCUT2D eigenvalue weighted by atomic mass is 16.4. The Morgan fingerprint density at radius 3 is 2.35 bits per heavy atom. The van der Waals surface area contributed by atoms with Crippen LogP contribution in [0, 0.1) is 0 Å². The first-order valence-electron chi connectivity index (χ1n) is 7.71. The fourth-order valence-electron chi connectivity index (χ4n) is 3.47. The van der Waals surface area contributed by atoms with E-state index < -0.39 is 17.9 Å². The summed E-state index contributed by atoms with van der Waals surface area (Å²) < 4.78 is 0. The minimum atomic E-state index is -0.900. The van der Waals surface area contributed by atoms with E-state index in [1.165, 1.54) is 0 Å². The zero-order valence-electron chi connectivity index (χ0n) is 13.1. The second kappa shape index (κ2) is 5.88. The Bertz CT molecular complexity index is 741. The average molecular weight is 309 g/mol. The number of carboxylic acids is 1. The monoisotopic (exact) mass is 309 g/mol. The summed E-state index contributed by atoms with van der Waals surface area (Å²) >= 11 is 0. The van der Waals surface area contributed by atoms with Crippen molar-refractivity contribution in [2.24, 2.45) is 0 Å². The van der Waals surface area contributed by atoms with E-state index in [0.717, 1.165) is 5.56 Å². The Kier molecular flexibility index (Phi) is 3.90. The molecule has 3 unspecified atom stereocenters. The Morgan fingerprint density at radius 1 is 1.09 bits per heavy atom. The van der Waals surface area contributed by atoms with Crippen LogP contribution in [-0.2, 0) is 4.79 Å². The third-order valence-corrected chi connectivity index (χ3v) is 4.65. The van der Waals surface area contributed by atoms with Gasteiger partial charge in [0.15, 0.2) is 0 Å². The highest BCUT2D eigenvalue weighted by Crippen LogP contribution is 2.38. The molecule has 0 aromatic heterocycles. The topological polar surface area (TPSA) is 57.6 Å². The molecule has 1 N–H and O–H groups in total. The van der Waals surface area contributed by atoms with Crippen molar-refractivity contribution >= 4 is 11.9 Å². The number of benzene rings is 2. The summed E-state index contributed by atoms with van der Waals surface area (Å²) in [6.45, 7) is 3.75. The third-order valence-electron chi connectivity index (χ3n) is 4.65. The number of amides is 1. The fourth-order valence-corrected chi connectivity index (χ4v) is 3.47. The first-order valence-corrected chi connectivity index (χ1v) is 7.71. The zero-order valence-corrected chi connectivity index (χ0v) is 13.1. The minimum Gasteiger partial charge on any atom is -0.481 e. The predicted octanol–water partition coefficient (Wildman–Crippen LogP) is 3.46. The van der Waals surface area contributed by atoms with Crippen molar-refractivity contribution in [2.45, 2.75) is 31.8 Å². The number of hydrogen-bond donors (Lipinski definition) is 1. The van der Waals surface area contributed by atoms with Gasteiger partial charge in [-0.05, 0) is 31.0 Å². The van der Waals surface area contributed by atoms with Crippen LogP contribution in [0.2, 0.25) is 0 Å². The standard InChI is InChI=1S/C19H19NO3/c1-12(14-8-4-3-5-9-14)20-13(2)17(19(22)23)15-10-6-7-11-16(15)18(20)21/h3-13,17H,1-2H3,(H,22,23). The highest BCUT2D eigenvalue weighted by Gasteiger charge is 2.42. The molecule has 0 radical (unpaired) electrons. The van der Waals surface area contributed by atoms with Gasteiger partial charge in [-0.25, -0.2) is 0 Å². The normalized spacial score (nSPS) is 21.7. The predicted molar refractivity (Wildman–Crippen MR) is 87.3 cm³/mol. The summed E-state index contributed by atoms with van der Waals surface area (Å²) in [6.07, 6.45) is 0. The molecule has 3 atom stereocenters. The quantitative estimate of drug-likeness (QED) is 0.944. The molecule has 1 amide bonds. The Balaban J connectivity index is 2.09. The van der Waals surface area contributed by atoms with E-state index in [9.17, 15) is 14.7 Å². The molecule has 1 aliphatic rings. The second-order valence-electron chi connectivity index (χ2n) is 5.94. The van der Waals surface area contributed by atoms with Crippen LogP contribution in [0.3, 0.4) is 0 Å². The van der Waals surface area contributed by atoms with E-state index in [2.05, 4.69) is 0 Å². The minimum absolute atomic E-state index is 0.109. The summed E-state index contributed by atoms with van der Waals surface area (Å²) in [5, 5.41) is 9.67. The molecule has 0 bridgehead atoms. The average Bonchev–Trinajstić information content (AvgIpc) is 2.55. The van der Waals surface area contributed by atoms with E-state index in [-0.39, 0.29) is 11.9 Å². The van der Waals surface area contributed by atoms with Crippen LogP contribution >= 0.6 is 0 Å². The van der Waals surface area contributed by atoms with Gasteiger partial charge in [0.05, 0.1) is 6.04 Å². The van der Waals surface area contributed by atoms with Gasteiger partial charge in [-0.15, -0.1) is 0 Å². The fraction of sp³-hybridized carbons (Fsp3) is 0.263. The van der Waals surface area contributed by atoms with E-state index in [4.69, 9.17) is 0 Å². The van der Waals surface area contributed by atoms with Crippen molar-refractivity contribution in [3.63, 3.8) is 0 Å². The van der Waals surface area contributed by atoms with Crippen LogP contribution in [0.25, 0.3) is 0 Å². The van der Waals surface area contributed by atoms with Crippen LogP contribution in [0.15, 0.2) is 54.6 Å². The van der Waals surface area contributed by atoms with Gasteiger partial charge >= 0.3 is 5.97 Å². The van der Waals surface area contributed by atoms with Gasteiger partial charge in [0, 0.05) is 11.6 Å². The molecule has 0 spiro atoms. The molecule has 23 heavy (non-hydrogen) atoms. The van der Waals surface area contributed by atoms with Crippen LogP contribution in [0.1, 0.15) is 47.3 Å². The molecule has 1 aliphatic heterocycles. The molecule has 3 rings (SSSR count). The van der Waals surface area contributed by atoms with Crippen molar-refractivity contribution in [2.75, 3.05) is 0 Å². The Morgan fingerprint density at radius 2 is 1.70 bits per heavy atom. The van der Waals surface area contributed by atoms with Crippen molar-refractivity contribution in [1.29, 1.82) is 0 Å². The number of fused-ring (bicyclic) bond motifs is 1. The van der Waals surface area contributed by atoms with E-state index in [1.807, 2.05) is 44.2 Å². The van der Waals surface area contributed by atoms with Crippen LogP contribution in [0.5, 0.6) is 0 Å². The largest absolute Gasteiger partial charge is 0.481 e. The van der Waals surface area contributed by atoms with Crippen molar-refractivity contribution in [3.05, 3.63) is 71.3 Å². The molecular weight excluding hydrogens is 290 g/mol. The molecular formula is C19H19NO3. The Labute approximate surface area is 135 Å². The van der Waals surface area contributed by atoms with Crippen LogP contribution in [0.4, 0.5) is 0 Å². The summed E-state index contributed by atoms with van der Waals surface area (Å²) in [6, 6.07) is 16.1. The lowest BCUT2D eigenvalue weighted by Crippen LogP contribution is -2.49. The summed E-state index contributed by atoms with van der Waals surface area (Å²) in [7, 11) is 0. The van der Waals surface area contributed by atoms with Gasteiger partial charge in [-0.2, -0.15) is 0 Å². The number of nitrogens with zero attached hydrogens (tertiary/aromatic N) is 1. The van der Waals surface area contributed by atoms with Crippen LogP contribution in [-0.4, -0.2) is 27.9 Å². The van der Waals surface area contributed by atoms with E-state index in [0.29, 0.717) is 11.1 Å². The number of rotatable bonds is 3. The molecule has 2 aromatic rings. The smallest absolute Gasteiger partial charge is 0.313 e. The third kappa shape index (κ3) is 2.50. The molecule has 118 valence electrons. The van der Waals surface area contributed by atoms with Crippen molar-refractivity contribution in [3.8, 4) is 0 Å². The van der Waals surface area contributed by atoms with Gasteiger partial charge in [0.2, 0.25) is 0 Å². The van der Waals surface area contributed by atoms with Crippen LogP contribution < -0.4 is 0 Å². The van der Waals surface area contributed by atoms with Crippen molar-refractivity contribution in [1.82, 2.24) is 4.90 Å². The number of carboxylic acid groups (broad SMARTS) is 1. The molecule has 4 nitrogen and oxygen atoms in total. The number of hydrogen-bond acceptors (Lipinski definition) is 2. The van der Waals surface area contributed by atoms with Gasteiger partial charge in [0.1, 0.15) is 5.92 Å². The molecule has 0 aliphatic carbocycles. The molecule has 1 heterocycles. The summed E-state index contributed by atoms with van der Waals surface area (Å²) in [4.78, 5) is 26.4. The van der Waals surface area contributed by atoms with Gasteiger partial charge in [0.25, 0.3) is 5.91 Å². The maximum atomic E-state index is 12.9. The maximum Gasteiger partial charge on any atom is 0.313 e. The van der Waals surface area contributed by atoms with E-state index in [1.54, 1.807) is 29.2 Å². The molecule has 0 saturated carbocycles. The SMILES string of the molecule is CC(c1ccccc1)N1C(=O)c2ccccc2C(C(=O)O)C1C. The molecule has 0 saturated heterocycles. The summed E-state index contributed by atoms with van der Waals surface area (Å²) in [5.74, 6) is -1.72. The first kappa shape index (κ1) is 15.3. The van der Waals surface area contributed by atoms with Gasteiger partial charge in [-0.1, -0.05) is 48.5 Å². The lowest BCUT2D eigenvalue weighted by Gasteiger charge is -2.42. The molecule has 4 heteroatoms. The number of aliphatic carboxylic acids is 1. The lowest BCUT2D eigenvalue weighted by molar-refractivity contribution is -0.140. The van der Waals surface area contributed by atoms with Crippen molar-refractivity contribution < 1.29 is 14.7 Å². The van der Waals surface area contributed by atoms with E-state index >= 15 is 0 Å². The zero-order chi connectivity index (χ0) is 16.6. The Hall–Kier alpha value is -2.62. The molecule has 0 fully saturated rings. The number of carbonyl (C=O) groups excluding carboxylic acids is 1. The van der Waals surface area contributed by atoms with Gasteiger partial charge in [-0.3, -0.25) is 9.59 Å². The summed E-state index contributed by atoms with van der Waals surface area (Å²) in [5.41, 5.74) is 2.09. The lowest BCUT2D eigenvalue weighted by atomic mass is 9.82. The first-order chi connectivity index (χ1) is 11.0. The maximum absolute atomic E-state index is 12.9.